The van der Waals surface area contributed by atoms with Gasteiger partial charge in [-0.1, -0.05) is 48.5 Å². The van der Waals surface area contributed by atoms with Gasteiger partial charge < -0.3 is 0 Å². The number of nitrogens with zero attached hydrogens (tertiary/aromatic N) is 1. The van der Waals surface area contributed by atoms with Crippen molar-refractivity contribution < 1.29 is 21.6 Å². The van der Waals surface area contributed by atoms with Crippen LogP contribution in [0.25, 0.3) is 0 Å². The van der Waals surface area contributed by atoms with Gasteiger partial charge in [0.2, 0.25) is 10.0 Å². The Morgan fingerprint density at radius 2 is 1.58 bits per heavy atom. The first-order chi connectivity index (χ1) is 11.3. The summed E-state index contributed by atoms with van der Waals surface area (Å²) in [5.41, 5.74) is -0.500. The number of alkyl halides is 3. The molecule has 0 aliphatic heterocycles. The molecule has 0 heterocycles. The van der Waals surface area contributed by atoms with Crippen molar-refractivity contribution in [2.24, 2.45) is 0 Å². The van der Waals surface area contributed by atoms with Crippen LogP contribution in [0.4, 0.5) is 13.2 Å². The van der Waals surface area contributed by atoms with Crippen molar-refractivity contribution in [2.45, 2.75) is 17.6 Å². The molecule has 0 amide bonds. The maximum atomic E-state index is 13.2. The van der Waals surface area contributed by atoms with Crippen molar-refractivity contribution in [3.05, 3.63) is 78.4 Å². The highest BCUT2D eigenvalue weighted by atomic mass is 32.2. The van der Waals surface area contributed by atoms with Gasteiger partial charge in [0.15, 0.2) is 0 Å². The van der Waals surface area contributed by atoms with Crippen LogP contribution in [0.5, 0.6) is 0 Å². The minimum atomic E-state index is -4.75. The summed E-state index contributed by atoms with van der Waals surface area (Å²) in [5.74, 6) is 0. The smallest absolute Gasteiger partial charge is 0.207 e. The molecule has 2 aromatic carbocycles. The Hall–Kier alpha value is -2.12. The van der Waals surface area contributed by atoms with E-state index in [1.165, 1.54) is 12.1 Å². The molecule has 0 fully saturated rings. The van der Waals surface area contributed by atoms with Gasteiger partial charge in [-0.05, 0) is 17.7 Å². The number of hydrogen-bond donors (Lipinski definition) is 0. The molecule has 0 radical (unpaired) electrons. The third-order valence-electron chi connectivity index (χ3n) is 3.34. The fourth-order valence-corrected chi connectivity index (χ4v) is 3.85. The van der Waals surface area contributed by atoms with Crippen LogP contribution in [-0.4, -0.2) is 19.3 Å². The molecule has 3 nitrogen and oxygen atoms in total. The molecule has 0 aliphatic rings. The number of rotatable bonds is 6. The summed E-state index contributed by atoms with van der Waals surface area (Å²) in [6.07, 6.45) is -3.41. The Kier molecular flexibility index (Phi) is 5.46. The van der Waals surface area contributed by atoms with Gasteiger partial charge in [-0.25, -0.2) is 8.42 Å². The topological polar surface area (TPSA) is 37.4 Å². The summed E-state index contributed by atoms with van der Waals surface area (Å²) in [4.78, 5) is -0.754. The third-order valence-corrected chi connectivity index (χ3v) is 5.21. The van der Waals surface area contributed by atoms with Crippen molar-refractivity contribution in [1.29, 1.82) is 0 Å². The first-order valence-corrected chi connectivity index (χ1v) is 8.52. The SMILES string of the molecule is C=CCN(Cc1ccccc1)S(=O)(=O)c1ccccc1C(F)(F)F. The highest BCUT2D eigenvalue weighted by Crippen LogP contribution is 2.35. The maximum Gasteiger partial charge on any atom is 0.417 e. The van der Waals surface area contributed by atoms with E-state index < -0.39 is 26.7 Å². The quantitative estimate of drug-likeness (QED) is 0.732. The zero-order valence-electron chi connectivity index (χ0n) is 12.7. The number of benzene rings is 2. The summed E-state index contributed by atoms with van der Waals surface area (Å²) in [5, 5.41) is 0. The van der Waals surface area contributed by atoms with Crippen LogP contribution in [0.3, 0.4) is 0 Å². The molecule has 128 valence electrons. The standard InChI is InChI=1S/C17H16F3NO2S/c1-2-12-21(13-14-8-4-3-5-9-14)24(22,23)16-11-7-6-10-15(16)17(18,19)20/h2-11H,1,12-13H2. The molecule has 0 aliphatic carbocycles. The van der Waals surface area contributed by atoms with Crippen molar-refractivity contribution in [2.75, 3.05) is 6.54 Å². The second kappa shape index (κ2) is 7.19. The summed E-state index contributed by atoms with van der Waals surface area (Å²) in [7, 11) is -4.33. The van der Waals surface area contributed by atoms with E-state index in [1.807, 2.05) is 0 Å². The highest BCUT2D eigenvalue weighted by molar-refractivity contribution is 7.89. The largest absolute Gasteiger partial charge is 0.417 e. The van der Waals surface area contributed by atoms with Crippen LogP contribution in [-0.2, 0) is 22.7 Å². The molecule has 7 heteroatoms. The number of hydrogen-bond acceptors (Lipinski definition) is 2. The van der Waals surface area contributed by atoms with Crippen molar-refractivity contribution in [3.63, 3.8) is 0 Å². The molecule has 0 saturated carbocycles. The predicted molar refractivity (Wildman–Crippen MR) is 85.7 cm³/mol. The summed E-state index contributed by atoms with van der Waals surface area (Å²) >= 11 is 0. The van der Waals surface area contributed by atoms with E-state index in [4.69, 9.17) is 0 Å². The van der Waals surface area contributed by atoms with E-state index in [0.717, 1.165) is 22.5 Å². The van der Waals surface area contributed by atoms with Crippen LogP contribution in [0.1, 0.15) is 11.1 Å². The van der Waals surface area contributed by atoms with Crippen LogP contribution < -0.4 is 0 Å². The van der Waals surface area contributed by atoms with E-state index in [2.05, 4.69) is 6.58 Å². The van der Waals surface area contributed by atoms with E-state index >= 15 is 0 Å². The monoisotopic (exact) mass is 355 g/mol. The van der Waals surface area contributed by atoms with Crippen molar-refractivity contribution in [3.8, 4) is 0 Å². The lowest BCUT2D eigenvalue weighted by Gasteiger charge is -2.23. The Morgan fingerprint density at radius 3 is 2.17 bits per heavy atom. The molecule has 0 bridgehead atoms. The molecule has 0 unspecified atom stereocenters. The van der Waals surface area contributed by atoms with Gasteiger partial charge in [0.05, 0.1) is 10.5 Å². The van der Waals surface area contributed by atoms with E-state index in [-0.39, 0.29) is 13.1 Å². The molecule has 2 rings (SSSR count). The van der Waals surface area contributed by atoms with E-state index in [9.17, 15) is 21.6 Å². The van der Waals surface area contributed by atoms with E-state index in [1.54, 1.807) is 30.3 Å². The zero-order chi connectivity index (χ0) is 17.8. The van der Waals surface area contributed by atoms with E-state index in [0.29, 0.717) is 5.56 Å². The molecule has 0 aromatic heterocycles. The molecule has 2 aromatic rings. The number of sulfonamides is 1. The number of halogens is 3. The Balaban J connectivity index is 2.48. The predicted octanol–water partition coefficient (Wildman–Crippen LogP) is 4.08. The minimum absolute atomic E-state index is 0.0403. The third kappa shape index (κ3) is 4.04. The van der Waals surface area contributed by atoms with Crippen molar-refractivity contribution >= 4 is 10.0 Å². The average molecular weight is 355 g/mol. The molecule has 0 atom stereocenters. The lowest BCUT2D eigenvalue weighted by Crippen LogP contribution is -2.32. The lowest BCUT2D eigenvalue weighted by atomic mass is 10.2. The normalized spacial score (nSPS) is 12.3. The maximum absolute atomic E-state index is 13.2. The Labute approximate surface area is 139 Å². The van der Waals surface area contributed by atoms with Crippen LogP contribution in [0.15, 0.2) is 72.1 Å². The fourth-order valence-electron chi connectivity index (χ4n) is 2.24. The van der Waals surface area contributed by atoms with Gasteiger partial charge in [-0.15, -0.1) is 6.58 Å². The highest BCUT2D eigenvalue weighted by Gasteiger charge is 2.38. The summed E-state index contributed by atoms with van der Waals surface area (Å²) in [6, 6.07) is 12.8. The van der Waals surface area contributed by atoms with Gasteiger partial charge in [-0.3, -0.25) is 0 Å². The molecule has 0 N–H and O–H groups in total. The zero-order valence-corrected chi connectivity index (χ0v) is 13.5. The molecule has 0 spiro atoms. The first-order valence-electron chi connectivity index (χ1n) is 7.08. The lowest BCUT2D eigenvalue weighted by molar-refractivity contribution is -0.139. The molecule has 0 saturated heterocycles. The van der Waals surface area contributed by atoms with Gasteiger partial charge in [-0.2, -0.15) is 17.5 Å². The first kappa shape index (κ1) is 18.2. The Morgan fingerprint density at radius 1 is 1.00 bits per heavy atom. The Bertz CT molecular complexity index is 802. The average Bonchev–Trinajstić information content (AvgIpc) is 2.54. The summed E-state index contributed by atoms with van der Waals surface area (Å²) < 4.78 is 66.0. The summed E-state index contributed by atoms with van der Waals surface area (Å²) in [6.45, 7) is 3.36. The minimum Gasteiger partial charge on any atom is -0.207 e. The fraction of sp³-hybridized carbons (Fsp3) is 0.176. The van der Waals surface area contributed by atoms with Gasteiger partial charge >= 0.3 is 6.18 Å². The molecular formula is C17H16F3NO2S. The van der Waals surface area contributed by atoms with Crippen LogP contribution in [0, 0.1) is 0 Å². The second-order valence-corrected chi connectivity index (χ2v) is 6.97. The van der Waals surface area contributed by atoms with Gasteiger partial charge in [0, 0.05) is 13.1 Å². The van der Waals surface area contributed by atoms with Crippen LogP contribution in [0.2, 0.25) is 0 Å². The van der Waals surface area contributed by atoms with Crippen molar-refractivity contribution in [1.82, 2.24) is 4.31 Å². The second-order valence-electron chi connectivity index (χ2n) is 5.07. The van der Waals surface area contributed by atoms with Gasteiger partial charge in [0.25, 0.3) is 0 Å². The molecular weight excluding hydrogens is 339 g/mol. The van der Waals surface area contributed by atoms with Crippen LogP contribution >= 0.6 is 0 Å². The molecule has 24 heavy (non-hydrogen) atoms. The van der Waals surface area contributed by atoms with Gasteiger partial charge in [0.1, 0.15) is 0 Å².